The third-order valence-electron chi connectivity index (χ3n) is 3.40. The van der Waals surface area contributed by atoms with Crippen LogP contribution in [0.1, 0.15) is 33.6 Å². The number of pyridine rings is 1. The van der Waals surface area contributed by atoms with Gasteiger partial charge in [0, 0.05) is 24.0 Å². The fourth-order valence-corrected chi connectivity index (χ4v) is 2.14. The SMILES string of the molecule is O=C(NC1CC1)c1cccc(-c2ccncc2C(=O)O)c1. The topological polar surface area (TPSA) is 79.3 Å². The molecule has 0 spiro atoms. The maximum atomic E-state index is 12.1. The minimum atomic E-state index is -1.04. The van der Waals surface area contributed by atoms with E-state index < -0.39 is 5.97 Å². The van der Waals surface area contributed by atoms with Gasteiger partial charge in [0.15, 0.2) is 0 Å². The largest absolute Gasteiger partial charge is 0.478 e. The van der Waals surface area contributed by atoms with E-state index in [1.807, 2.05) is 0 Å². The van der Waals surface area contributed by atoms with Gasteiger partial charge in [-0.3, -0.25) is 9.78 Å². The number of hydrogen-bond acceptors (Lipinski definition) is 3. The monoisotopic (exact) mass is 282 g/mol. The highest BCUT2D eigenvalue weighted by Gasteiger charge is 2.24. The van der Waals surface area contributed by atoms with Crippen LogP contribution in [0, 0.1) is 0 Å². The lowest BCUT2D eigenvalue weighted by Gasteiger charge is -2.08. The van der Waals surface area contributed by atoms with Crippen molar-refractivity contribution in [3.8, 4) is 11.1 Å². The van der Waals surface area contributed by atoms with E-state index in [4.69, 9.17) is 0 Å². The van der Waals surface area contributed by atoms with Crippen LogP contribution in [0.3, 0.4) is 0 Å². The summed E-state index contributed by atoms with van der Waals surface area (Å²) in [6.45, 7) is 0. The molecule has 1 heterocycles. The van der Waals surface area contributed by atoms with Gasteiger partial charge in [-0.25, -0.2) is 4.79 Å². The Balaban J connectivity index is 1.96. The zero-order valence-corrected chi connectivity index (χ0v) is 11.2. The first-order valence-corrected chi connectivity index (χ1v) is 6.74. The molecule has 1 aliphatic rings. The molecule has 0 unspecified atom stereocenters. The molecule has 0 saturated heterocycles. The summed E-state index contributed by atoms with van der Waals surface area (Å²) in [6.07, 6.45) is 4.91. The molecular weight excluding hydrogens is 268 g/mol. The number of carboxylic acids is 1. The second kappa shape index (κ2) is 5.36. The Morgan fingerprint density at radius 1 is 1.24 bits per heavy atom. The normalized spacial score (nSPS) is 13.7. The molecule has 2 aromatic rings. The number of nitrogens with one attached hydrogen (secondary N) is 1. The number of carboxylic acid groups (broad SMARTS) is 1. The van der Waals surface area contributed by atoms with Crippen LogP contribution in [0.4, 0.5) is 0 Å². The standard InChI is InChI=1S/C16H14N2O3/c19-15(18-12-4-5-12)11-3-1-2-10(8-11)13-6-7-17-9-14(13)16(20)21/h1-3,6-9,12H,4-5H2,(H,18,19)(H,20,21). The number of aromatic carboxylic acids is 1. The fourth-order valence-electron chi connectivity index (χ4n) is 2.14. The molecule has 1 saturated carbocycles. The number of carbonyl (C=O) groups is 2. The molecule has 0 aliphatic heterocycles. The van der Waals surface area contributed by atoms with Crippen LogP contribution in [0.2, 0.25) is 0 Å². The Morgan fingerprint density at radius 2 is 2.05 bits per heavy atom. The number of carbonyl (C=O) groups excluding carboxylic acids is 1. The molecule has 0 bridgehead atoms. The number of rotatable bonds is 4. The molecular formula is C16H14N2O3. The number of hydrogen-bond donors (Lipinski definition) is 2. The predicted molar refractivity (Wildman–Crippen MR) is 77.1 cm³/mol. The summed E-state index contributed by atoms with van der Waals surface area (Å²) in [6, 6.07) is 8.90. The Morgan fingerprint density at radius 3 is 2.76 bits per heavy atom. The summed E-state index contributed by atoms with van der Waals surface area (Å²) in [5.74, 6) is -1.16. The van der Waals surface area contributed by atoms with Gasteiger partial charge in [-0.1, -0.05) is 12.1 Å². The third kappa shape index (κ3) is 2.91. The Kier molecular flexibility index (Phi) is 3.39. The van der Waals surface area contributed by atoms with Gasteiger partial charge >= 0.3 is 5.97 Å². The van der Waals surface area contributed by atoms with Gasteiger partial charge < -0.3 is 10.4 Å². The molecule has 1 fully saturated rings. The second-order valence-electron chi connectivity index (χ2n) is 5.05. The van der Waals surface area contributed by atoms with E-state index in [2.05, 4.69) is 10.3 Å². The Bertz CT molecular complexity index is 708. The van der Waals surface area contributed by atoms with Gasteiger partial charge in [0.2, 0.25) is 0 Å². The van der Waals surface area contributed by atoms with E-state index in [1.54, 1.807) is 36.5 Å². The van der Waals surface area contributed by atoms with Crippen LogP contribution in [0.25, 0.3) is 11.1 Å². The average Bonchev–Trinajstić information content (AvgIpc) is 3.31. The molecule has 2 N–H and O–H groups in total. The van der Waals surface area contributed by atoms with Crippen molar-refractivity contribution in [1.82, 2.24) is 10.3 Å². The zero-order chi connectivity index (χ0) is 14.8. The highest BCUT2D eigenvalue weighted by molar-refractivity contribution is 5.98. The Labute approximate surface area is 121 Å². The molecule has 1 aliphatic carbocycles. The van der Waals surface area contributed by atoms with Crippen molar-refractivity contribution in [2.45, 2.75) is 18.9 Å². The highest BCUT2D eigenvalue weighted by atomic mass is 16.4. The van der Waals surface area contributed by atoms with E-state index >= 15 is 0 Å². The lowest BCUT2D eigenvalue weighted by molar-refractivity contribution is 0.0697. The summed E-state index contributed by atoms with van der Waals surface area (Å²) >= 11 is 0. The third-order valence-corrected chi connectivity index (χ3v) is 3.40. The molecule has 1 aromatic heterocycles. The van der Waals surface area contributed by atoms with E-state index in [0.717, 1.165) is 12.8 Å². The number of amides is 1. The van der Waals surface area contributed by atoms with Gasteiger partial charge in [-0.05, 0) is 42.2 Å². The van der Waals surface area contributed by atoms with E-state index in [0.29, 0.717) is 16.7 Å². The van der Waals surface area contributed by atoms with Crippen LogP contribution >= 0.6 is 0 Å². The van der Waals surface area contributed by atoms with Gasteiger partial charge in [-0.15, -0.1) is 0 Å². The molecule has 21 heavy (non-hydrogen) atoms. The predicted octanol–water partition coefficient (Wildman–Crippen LogP) is 2.34. The first kappa shape index (κ1) is 13.3. The molecule has 5 nitrogen and oxygen atoms in total. The molecule has 106 valence electrons. The van der Waals surface area contributed by atoms with Crippen molar-refractivity contribution in [2.24, 2.45) is 0 Å². The molecule has 0 radical (unpaired) electrons. The summed E-state index contributed by atoms with van der Waals surface area (Å²) < 4.78 is 0. The smallest absolute Gasteiger partial charge is 0.337 e. The van der Waals surface area contributed by atoms with Gasteiger partial charge in [-0.2, -0.15) is 0 Å². The first-order chi connectivity index (χ1) is 10.1. The summed E-state index contributed by atoms with van der Waals surface area (Å²) in [5.41, 5.74) is 1.90. The lowest BCUT2D eigenvalue weighted by Crippen LogP contribution is -2.25. The van der Waals surface area contributed by atoms with Crippen molar-refractivity contribution in [3.05, 3.63) is 53.9 Å². The van der Waals surface area contributed by atoms with Crippen LogP contribution in [0.5, 0.6) is 0 Å². The number of nitrogens with zero attached hydrogens (tertiary/aromatic N) is 1. The van der Waals surface area contributed by atoms with Crippen molar-refractivity contribution in [1.29, 1.82) is 0 Å². The number of benzene rings is 1. The Hall–Kier alpha value is -2.69. The van der Waals surface area contributed by atoms with Crippen LogP contribution in [0.15, 0.2) is 42.7 Å². The average molecular weight is 282 g/mol. The molecule has 1 amide bonds. The van der Waals surface area contributed by atoms with Crippen LogP contribution in [-0.2, 0) is 0 Å². The summed E-state index contributed by atoms with van der Waals surface area (Å²) in [5, 5.41) is 12.1. The van der Waals surface area contributed by atoms with Crippen LogP contribution < -0.4 is 5.32 Å². The second-order valence-corrected chi connectivity index (χ2v) is 5.05. The molecule has 3 rings (SSSR count). The summed E-state index contributed by atoms with van der Waals surface area (Å²) in [7, 11) is 0. The quantitative estimate of drug-likeness (QED) is 0.902. The van der Waals surface area contributed by atoms with Crippen molar-refractivity contribution in [3.63, 3.8) is 0 Å². The fraction of sp³-hybridized carbons (Fsp3) is 0.188. The minimum Gasteiger partial charge on any atom is -0.478 e. The van der Waals surface area contributed by atoms with Gasteiger partial charge in [0.25, 0.3) is 5.91 Å². The van der Waals surface area contributed by atoms with Crippen molar-refractivity contribution >= 4 is 11.9 Å². The van der Waals surface area contributed by atoms with Gasteiger partial charge in [0.05, 0.1) is 5.56 Å². The molecule has 5 heteroatoms. The maximum Gasteiger partial charge on any atom is 0.337 e. The van der Waals surface area contributed by atoms with E-state index in [1.165, 1.54) is 6.20 Å². The molecule has 1 aromatic carbocycles. The van der Waals surface area contributed by atoms with E-state index in [-0.39, 0.29) is 17.5 Å². The van der Waals surface area contributed by atoms with E-state index in [9.17, 15) is 14.7 Å². The van der Waals surface area contributed by atoms with Crippen molar-refractivity contribution < 1.29 is 14.7 Å². The maximum absolute atomic E-state index is 12.1. The summed E-state index contributed by atoms with van der Waals surface area (Å²) in [4.78, 5) is 27.1. The van der Waals surface area contributed by atoms with Crippen molar-refractivity contribution in [2.75, 3.05) is 0 Å². The van der Waals surface area contributed by atoms with Crippen LogP contribution in [-0.4, -0.2) is 28.0 Å². The molecule has 0 atom stereocenters. The minimum absolute atomic E-state index is 0.120. The highest BCUT2D eigenvalue weighted by Crippen LogP contribution is 2.25. The zero-order valence-electron chi connectivity index (χ0n) is 11.2. The van der Waals surface area contributed by atoms with Gasteiger partial charge in [0.1, 0.15) is 0 Å². The lowest BCUT2D eigenvalue weighted by atomic mass is 9.99. The number of aromatic nitrogens is 1. The first-order valence-electron chi connectivity index (χ1n) is 6.74.